The maximum Gasteiger partial charge on any atom is 0.340 e. The number of aromatic carboxylic acids is 1. The van der Waals surface area contributed by atoms with Crippen LogP contribution >= 0.6 is 0 Å². The molecule has 0 unspecified atom stereocenters. The summed E-state index contributed by atoms with van der Waals surface area (Å²) in [6, 6.07) is 3.87. The lowest BCUT2D eigenvalue weighted by molar-refractivity contribution is 0.0693. The minimum Gasteiger partial charge on any atom is -0.483 e. The van der Waals surface area contributed by atoms with Gasteiger partial charge in [-0.25, -0.2) is 14.2 Å². The lowest BCUT2D eigenvalue weighted by atomic mass is 10.2. The zero-order chi connectivity index (χ0) is 11.3. The monoisotopic (exact) mass is 211 g/mol. The first kappa shape index (κ1) is 11.2. The summed E-state index contributed by atoms with van der Waals surface area (Å²) in [5.74, 6) is -2.16. The number of carboxylic acids is 1. The minimum absolute atomic E-state index is 0.0379. The normalized spacial score (nSPS) is 10.5. The van der Waals surface area contributed by atoms with Crippen molar-refractivity contribution in [3.8, 4) is 0 Å². The van der Waals surface area contributed by atoms with Crippen molar-refractivity contribution in [2.45, 2.75) is 6.92 Å². The first-order valence-corrected chi connectivity index (χ1v) is 4.32. The number of rotatable bonds is 4. The van der Waals surface area contributed by atoms with Gasteiger partial charge in [-0.15, -0.1) is 0 Å². The number of aliphatic imine (C=N–C) groups is 1. The SMILES string of the molecule is CCOC=Nc1cccc(F)c1C(=O)O. The molecule has 0 aliphatic carbocycles. The van der Waals surface area contributed by atoms with Crippen LogP contribution < -0.4 is 0 Å². The summed E-state index contributed by atoms with van der Waals surface area (Å²) in [6.07, 6.45) is 1.10. The van der Waals surface area contributed by atoms with E-state index in [9.17, 15) is 9.18 Å². The molecule has 0 aromatic heterocycles. The summed E-state index contributed by atoms with van der Waals surface area (Å²) in [7, 11) is 0. The summed E-state index contributed by atoms with van der Waals surface area (Å²) in [5.41, 5.74) is -0.413. The maximum atomic E-state index is 13.1. The fraction of sp³-hybridized carbons (Fsp3) is 0.200. The Morgan fingerprint density at radius 3 is 3.00 bits per heavy atom. The fourth-order valence-electron chi connectivity index (χ4n) is 1.00. The Bertz CT molecular complexity index is 390. The number of carbonyl (C=O) groups is 1. The van der Waals surface area contributed by atoms with Crippen LogP contribution in [0.4, 0.5) is 10.1 Å². The molecule has 0 amide bonds. The molecule has 1 aromatic rings. The van der Waals surface area contributed by atoms with Gasteiger partial charge in [0.15, 0.2) is 6.40 Å². The largest absolute Gasteiger partial charge is 0.483 e. The molecule has 4 nitrogen and oxygen atoms in total. The van der Waals surface area contributed by atoms with Gasteiger partial charge in [-0.3, -0.25) is 0 Å². The molecule has 0 fully saturated rings. The second-order valence-electron chi connectivity index (χ2n) is 2.63. The van der Waals surface area contributed by atoms with Crippen LogP contribution in [-0.4, -0.2) is 24.1 Å². The molecule has 1 rings (SSSR count). The van der Waals surface area contributed by atoms with E-state index in [0.29, 0.717) is 6.61 Å². The van der Waals surface area contributed by atoms with E-state index in [0.717, 1.165) is 12.5 Å². The van der Waals surface area contributed by atoms with E-state index in [-0.39, 0.29) is 5.69 Å². The number of hydrogen-bond donors (Lipinski definition) is 1. The van der Waals surface area contributed by atoms with Crippen LogP contribution in [0.3, 0.4) is 0 Å². The number of carboxylic acid groups (broad SMARTS) is 1. The molecule has 1 N–H and O–H groups in total. The third kappa shape index (κ3) is 2.77. The zero-order valence-electron chi connectivity index (χ0n) is 8.11. The second kappa shape index (κ2) is 5.09. The van der Waals surface area contributed by atoms with Crippen molar-refractivity contribution in [1.29, 1.82) is 0 Å². The third-order valence-electron chi connectivity index (χ3n) is 1.64. The molecule has 80 valence electrons. The van der Waals surface area contributed by atoms with E-state index in [2.05, 4.69) is 4.99 Å². The van der Waals surface area contributed by atoms with Crippen molar-refractivity contribution in [2.75, 3.05) is 6.61 Å². The molecule has 0 aliphatic heterocycles. The highest BCUT2D eigenvalue weighted by atomic mass is 19.1. The van der Waals surface area contributed by atoms with Crippen LogP contribution in [0.5, 0.6) is 0 Å². The molecule has 0 atom stereocenters. The van der Waals surface area contributed by atoms with Crippen molar-refractivity contribution < 1.29 is 19.0 Å². The highest BCUT2D eigenvalue weighted by molar-refractivity contribution is 5.94. The van der Waals surface area contributed by atoms with Gasteiger partial charge in [-0.05, 0) is 19.1 Å². The van der Waals surface area contributed by atoms with Gasteiger partial charge in [-0.1, -0.05) is 6.07 Å². The number of benzene rings is 1. The molecular formula is C10H10FNO3. The topological polar surface area (TPSA) is 58.9 Å². The van der Waals surface area contributed by atoms with E-state index in [4.69, 9.17) is 9.84 Å². The Balaban J connectivity index is 3.06. The van der Waals surface area contributed by atoms with Gasteiger partial charge in [0.05, 0.1) is 12.3 Å². The van der Waals surface area contributed by atoms with Crippen molar-refractivity contribution in [3.63, 3.8) is 0 Å². The van der Waals surface area contributed by atoms with Crippen molar-refractivity contribution in [3.05, 3.63) is 29.6 Å². The van der Waals surface area contributed by atoms with Crippen LogP contribution in [-0.2, 0) is 4.74 Å². The number of nitrogens with zero attached hydrogens (tertiary/aromatic N) is 1. The first-order valence-electron chi connectivity index (χ1n) is 4.32. The summed E-state index contributed by atoms with van der Waals surface area (Å²) in [5, 5.41) is 8.75. The molecule has 0 saturated carbocycles. The molecule has 0 radical (unpaired) electrons. The third-order valence-corrected chi connectivity index (χ3v) is 1.64. The van der Waals surface area contributed by atoms with Crippen LogP contribution in [0, 0.1) is 5.82 Å². The van der Waals surface area contributed by atoms with E-state index in [1.165, 1.54) is 12.1 Å². The number of ether oxygens (including phenoxy) is 1. The van der Waals surface area contributed by atoms with Gasteiger partial charge in [0.1, 0.15) is 11.4 Å². The van der Waals surface area contributed by atoms with E-state index in [1.807, 2.05) is 0 Å². The molecular weight excluding hydrogens is 201 g/mol. The van der Waals surface area contributed by atoms with Crippen LogP contribution in [0.1, 0.15) is 17.3 Å². The second-order valence-corrected chi connectivity index (χ2v) is 2.63. The Hall–Kier alpha value is -1.91. The quantitative estimate of drug-likeness (QED) is 0.613. The highest BCUT2D eigenvalue weighted by Gasteiger charge is 2.14. The Morgan fingerprint density at radius 2 is 2.40 bits per heavy atom. The predicted octanol–water partition coefficient (Wildman–Crippen LogP) is 2.22. The maximum absolute atomic E-state index is 13.1. The van der Waals surface area contributed by atoms with Gasteiger partial charge in [0.25, 0.3) is 0 Å². The molecule has 1 aromatic carbocycles. The average Bonchev–Trinajstić information content (AvgIpc) is 2.17. The van der Waals surface area contributed by atoms with E-state index in [1.54, 1.807) is 6.92 Å². The number of hydrogen-bond acceptors (Lipinski definition) is 3. The van der Waals surface area contributed by atoms with Gasteiger partial charge in [-0.2, -0.15) is 0 Å². The summed E-state index contributed by atoms with van der Waals surface area (Å²) < 4.78 is 17.9. The predicted molar refractivity (Wildman–Crippen MR) is 53.1 cm³/mol. The standard InChI is InChI=1S/C10H10FNO3/c1-2-15-6-12-8-5-3-4-7(11)9(8)10(13)14/h3-6H,2H2,1H3,(H,13,14). The summed E-state index contributed by atoms with van der Waals surface area (Å²) in [4.78, 5) is 14.4. The molecule has 0 spiro atoms. The van der Waals surface area contributed by atoms with Gasteiger partial charge >= 0.3 is 5.97 Å². The van der Waals surface area contributed by atoms with Crippen molar-refractivity contribution >= 4 is 18.1 Å². The molecule has 0 bridgehead atoms. The summed E-state index contributed by atoms with van der Waals surface area (Å²) in [6.45, 7) is 2.18. The summed E-state index contributed by atoms with van der Waals surface area (Å²) >= 11 is 0. The average molecular weight is 211 g/mol. The zero-order valence-corrected chi connectivity index (χ0v) is 8.11. The van der Waals surface area contributed by atoms with Crippen LogP contribution in [0.2, 0.25) is 0 Å². The minimum atomic E-state index is -1.35. The van der Waals surface area contributed by atoms with Crippen molar-refractivity contribution in [1.82, 2.24) is 0 Å². The van der Waals surface area contributed by atoms with Crippen LogP contribution in [0.15, 0.2) is 23.2 Å². The lowest BCUT2D eigenvalue weighted by Gasteiger charge is -2.01. The molecule has 5 heteroatoms. The fourth-order valence-corrected chi connectivity index (χ4v) is 1.00. The lowest BCUT2D eigenvalue weighted by Crippen LogP contribution is -2.00. The molecule has 0 aliphatic rings. The van der Waals surface area contributed by atoms with Gasteiger partial charge in [0.2, 0.25) is 0 Å². The first-order chi connectivity index (χ1) is 7.16. The molecule has 15 heavy (non-hydrogen) atoms. The Kier molecular flexibility index (Phi) is 3.79. The van der Waals surface area contributed by atoms with E-state index < -0.39 is 17.3 Å². The molecule has 0 heterocycles. The smallest absolute Gasteiger partial charge is 0.340 e. The van der Waals surface area contributed by atoms with Crippen molar-refractivity contribution in [2.24, 2.45) is 4.99 Å². The van der Waals surface area contributed by atoms with E-state index >= 15 is 0 Å². The Labute approximate surface area is 86.0 Å². The van der Waals surface area contributed by atoms with Gasteiger partial charge < -0.3 is 9.84 Å². The highest BCUT2D eigenvalue weighted by Crippen LogP contribution is 2.21. The van der Waals surface area contributed by atoms with Crippen LogP contribution in [0.25, 0.3) is 0 Å². The van der Waals surface area contributed by atoms with Gasteiger partial charge in [0, 0.05) is 0 Å². The Morgan fingerprint density at radius 1 is 1.67 bits per heavy atom. The molecule has 0 saturated heterocycles. The number of halogens is 1.